The molecule has 9 heteroatoms. The van der Waals surface area contributed by atoms with E-state index >= 15 is 0 Å². The molecule has 1 aromatic carbocycles. The monoisotopic (exact) mass is 303 g/mol. The summed E-state index contributed by atoms with van der Waals surface area (Å²) in [5, 5.41) is 11.4. The van der Waals surface area contributed by atoms with Crippen molar-refractivity contribution in [3.05, 3.63) is 23.8 Å². The number of hydrogen-bond donors (Lipinski definition) is 2. The largest absolute Gasteiger partial charge is 0.481 e. The van der Waals surface area contributed by atoms with Crippen LogP contribution in [0.3, 0.4) is 0 Å². The van der Waals surface area contributed by atoms with Gasteiger partial charge in [-0.25, -0.2) is 0 Å². The van der Waals surface area contributed by atoms with Gasteiger partial charge in [0.15, 0.2) is 0 Å². The smallest absolute Gasteiger partial charge is 0.310 e. The minimum absolute atomic E-state index is 0.0537. The van der Waals surface area contributed by atoms with E-state index in [1.54, 1.807) is 0 Å². The molecule has 0 saturated carbocycles. The number of rotatable bonds is 2. The van der Waals surface area contributed by atoms with Crippen LogP contribution in [0.4, 0.5) is 25.1 Å². The topological polar surface area (TPSA) is 49.3 Å². The number of carboxylic acids is 1. The Morgan fingerprint density at radius 2 is 1.89 bits per heavy atom. The number of hydrogen-bond acceptors (Lipinski definition) is 2. The normalized spacial score (nSPS) is 22.7. The van der Waals surface area contributed by atoms with E-state index in [4.69, 9.17) is 5.11 Å². The van der Waals surface area contributed by atoms with E-state index in [0.717, 1.165) is 6.07 Å². The SMILES string of the molecule is O=C(O)[C@@H]1CNc2ccc(S(F)(F)(F)(F)F)cc2C1. The molecule has 1 heterocycles. The molecule has 0 spiro atoms. The van der Waals surface area contributed by atoms with Crippen molar-refractivity contribution >= 4 is 21.9 Å². The molecule has 0 aromatic heterocycles. The highest BCUT2D eigenvalue weighted by Crippen LogP contribution is 3.02. The van der Waals surface area contributed by atoms with Crippen LogP contribution in [-0.4, -0.2) is 17.6 Å². The maximum absolute atomic E-state index is 12.6. The molecule has 3 nitrogen and oxygen atoms in total. The van der Waals surface area contributed by atoms with E-state index in [-0.39, 0.29) is 24.2 Å². The summed E-state index contributed by atoms with van der Waals surface area (Å²) in [5.41, 5.74) is 0.188. The van der Waals surface area contributed by atoms with Gasteiger partial charge in [-0.15, -0.1) is 0 Å². The molecule has 0 amide bonds. The van der Waals surface area contributed by atoms with Crippen LogP contribution in [0.15, 0.2) is 23.1 Å². The van der Waals surface area contributed by atoms with E-state index in [0.29, 0.717) is 12.1 Å². The number of fused-ring (bicyclic) bond motifs is 1. The molecule has 0 fully saturated rings. The summed E-state index contributed by atoms with van der Waals surface area (Å²) in [4.78, 5) is 8.78. The van der Waals surface area contributed by atoms with Gasteiger partial charge in [-0.3, -0.25) is 4.79 Å². The van der Waals surface area contributed by atoms with Crippen molar-refractivity contribution in [2.75, 3.05) is 11.9 Å². The van der Waals surface area contributed by atoms with Crippen LogP contribution in [-0.2, 0) is 11.2 Å². The van der Waals surface area contributed by atoms with Gasteiger partial charge in [0, 0.05) is 12.2 Å². The molecular weight excluding hydrogens is 293 g/mol. The van der Waals surface area contributed by atoms with E-state index in [9.17, 15) is 24.2 Å². The Hall–Kier alpha value is -1.51. The average Bonchev–Trinajstić information content (AvgIpc) is 2.24. The van der Waals surface area contributed by atoms with E-state index in [1.165, 1.54) is 0 Å². The molecular formula is C10H10F5NO2S. The third-order valence-corrected chi connectivity index (χ3v) is 4.02. The molecule has 19 heavy (non-hydrogen) atoms. The van der Waals surface area contributed by atoms with Gasteiger partial charge in [-0.1, -0.05) is 19.4 Å². The second-order valence-electron chi connectivity index (χ2n) is 4.41. The fourth-order valence-electron chi connectivity index (χ4n) is 1.90. The quantitative estimate of drug-likeness (QED) is 0.812. The van der Waals surface area contributed by atoms with Crippen LogP contribution in [0, 0.1) is 5.92 Å². The average molecular weight is 303 g/mol. The predicted octanol–water partition coefficient (Wildman–Crippen LogP) is 4.01. The highest BCUT2D eigenvalue weighted by Gasteiger charge is 2.65. The number of anilines is 1. The Balaban J connectivity index is 2.46. The zero-order valence-electron chi connectivity index (χ0n) is 9.38. The van der Waals surface area contributed by atoms with Crippen molar-refractivity contribution in [2.45, 2.75) is 11.3 Å². The van der Waals surface area contributed by atoms with Gasteiger partial charge in [0.1, 0.15) is 4.90 Å². The first-order chi connectivity index (χ1) is 8.36. The molecule has 0 radical (unpaired) electrons. The summed E-state index contributed by atoms with van der Waals surface area (Å²) >= 11 is 0. The Labute approximate surface area is 105 Å². The maximum Gasteiger partial charge on any atom is 0.310 e. The summed E-state index contributed by atoms with van der Waals surface area (Å²) in [6.07, 6.45) is -0.209. The van der Waals surface area contributed by atoms with Gasteiger partial charge >= 0.3 is 16.2 Å². The second kappa shape index (κ2) is 3.33. The van der Waals surface area contributed by atoms with Crippen molar-refractivity contribution in [2.24, 2.45) is 5.92 Å². The van der Waals surface area contributed by atoms with Crippen molar-refractivity contribution < 1.29 is 29.3 Å². The van der Waals surface area contributed by atoms with Crippen molar-refractivity contribution in [3.63, 3.8) is 0 Å². The summed E-state index contributed by atoms with van der Waals surface area (Å²) < 4.78 is 63.2. The van der Waals surface area contributed by atoms with Gasteiger partial charge in [-0.05, 0) is 30.2 Å². The van der Waals surface area contributed by atoms with Gasteiger partial charge in [-0.2, -0.15) is 0 Å². The molecule has 108 valence electrons. The maximum atomic E-state index is 12.6. The molecule has 0 unspecified atom stereocenters. The van der Waals surface area contributed by atoms with Gasteiger partial charge in [0.2, 0.25) is 0 Å². The first kappa shape index (κ1) is 13.9. The Kier molecular flexibility index (Phi) is 2.44. The third-order valence-electron chi connectivity index (χ3n) is 2.88. The zero-order chi connectivity index (χ0) is 14.5. The number of carboxylic acid groups (broad SMARTS) is 1. The number of aliphatic carboxylic acids is 1. The highest BCUT2D eigenvalue weighted by molar-refractivity contribution is 8.45. The molecule has 1 aromatic rings. The molecule has 1 atom stereocenters. The lowest BCUT2D eigenvalue weighted by atomic mass is 9.94. The number of benzene rings is 1. The summed E-state index contributed by atoms with van der Waals surface area (Å²) in [6, 6.07) is 1.55. The van der Waals surface area contributed by atoms with Crippen molar-refractivity contribution in [1.29, 1.82) is 0 Å². The minimum Gasteiger partial charge on any atom is -0.481 e. The fourth-order valence-corrected chi connectivity index (χ4v) is 2.59. The first-order valence-corrected chi connectivity index (χ1v) is 7.15. The van der Waals surface area contributed by atoms with Crippen LogP contribution in [0.2, 0.25) is 0 Å². The summed E-state index contributed by atoms with van der Waals surface area (Å²) in [7, 11) is -9.72. The Bertz CT molecular complexity index is 556. The molecule has 1 aliphatic heterocycles. The zero-order valence-corrected chi connectivity index (χ0v) is 10.2. The number of carbonyl (C=O) groups is 1. The van der Waals surface area contributed by atoms with Gasteiger partial charge in [0.25, 0.3) is 0 Å². The lowest BCUT2D eigenvalue weighted by molar-refractivity contribution is -0.141. The standard InChI is InChI=1S/C10H10F5NO2S/c11-19(12,13,14,15)8-1-2-9-6(4-8)3-7(5-16-9)10(17)18/h1-2,4,7,16H,3,5H2,(H,17,18)/t7-/m0/s1. The summed E-state index contributed by atoms with van der Waals surface area (Å²) in [5.74, 6) is -2.11. The lowest BCUT2D eigenvalue weighted by Crippen LogP contribution is -2.29. The molecule has 0 bridgehead atoms. The third kappa shape index (κ3) is 2.91. The molecule has 2 N–H and O–H groups in total. The first-order valence-electron chi connectivity index (χ1n) is 5.20. The van der Waals surface area contributed by atoms with Crippen LogP contribution in [0.1, 0.15) is 5.56 Å². The minimum atomic E-state index is -9.72. The second-order valence-corrected chi connectivity index (χ2v) is 6.82. The molecule has 0 aliphatic carbocycles. The molecule has 1 aliphatic rings. The molecule has 0 saturated heterocycles. The van der Waals surface area contributed by atoms with Crippen LogP contribution in [0.5, 0.6) is 0 Å². The fraction of sp³-hybridized carbons (Fsp3) is 0.300. The predicted molar refractivity (Wildman–Crippen MR) is 61.2 cm³/mol. The van der Waals surface area contributed by atoms with Crippen molar-refractivity contribution in [3.8, 4) is 0 Å². The number of nitrogens with one attached hydrogen (secondary N) is 1. The number of halogens is 5. The van der Waals surface area contributed by atoms with Gasteiger partial charge < -0.3 is 10.4 Å². The lowest BCUT2D eigenvalue weighted by Gasteiger charge is -2.41. The summed E-state index contributed by atoms with van der Waals surface area (Å²) in [6.45, 7) is 0.0537. The van der Waals surface area contributed by atoms with E-state index in [2.05, 4.69) is 5.32 Å². The van der Waals surface area contributed by atoms with Gasteiger partial charge in [0.05, 0.1) is 5.92 Å². The van der Waals surface area contributed by atoms with Crippen LogP contribution >= 0.6 is 10.2 Å². The van der Waals surface area contributed by atoms with Crippen LogP contribution in [0.25, 0.3) is 0 Å². The van der Waals surface area contributed by atoms with E-state index in [1.807, 2.05) is 0 Å². The van der Waals surface area contributed by atoms with Crippen LogP contribution < -0.4 is 5.32 Å². The van der Waals surface area contributed by atoms with E-state index < -0.39 is 27.0 Å². The molecule has 2 rings (SSSR count). The highest BCUT2D eigenvalue weighted by atomic mass is 32.5. The Morgan fingerprint density at radius 3 is 2.42 bits per heavy atom. The Morgan fingerprint density at radius 1 is 1.26 bits per heavy atom. The van der Waals surface area contributed by atoms with Crippen molar-refractivity contribution in [1.82, 2.24) is 0 Å².